The molecule has 0 radical (unpaired) electrons. The topological polar surface area (TPSA) is 55.6 Å². The molecule has 0 saturated heterocycles. The molecule has 1 atom stereocenters. The Kier molecular flexibility index (Phi) is 3.75. The van der Waals surface area contributed by atoms with Crippen LogP contribution in [0.25, 0.3) is 0 Å². The predicted molar refractivity (Wildman–Crippen MR) is 74.1 cm³/mol. The number of carbonyl (C=O) groups excluding carboxylic acids is 1. The van der Waals surface area contributed by atoms with Crippen LogP contribution in [-0.2, 0) is 17.4 Å². The third-order valence-electron chi connectivity index (χ3n) is 3.47. The number of halogens is 3. The number of carbonyl (C=O) groups is 1. The van der Waals surface area contributed by atoms with E-state index in [9.17, 15) is 18.0 Å². The van der Waals surface area contributed by atoms with Crippen molar-refractivity contribution in [1.29, 1.82) is 0 Å². The van der Waals surface area contributed by atoms with Crippen molar-refractivity contribution < 1.29 is 27.2 Å². The van der Waals surface area contributed by atoms with Crippen molar-refractivity contribution in [2.45, 2.75) is 25.6 Å². The first-order valence-corrected chi connectivity index (χ1v) is 6.92. The van der Waals surface area contributed by atoms with Crippen molar-refractivity contribution in [1.82, 2.24) is 5.16 Å². The lowest BCUT2D eigenvalue weighted by molar-refractivity contribution is -0.137. The lowest BCUT2D eigenvalue weighted by Crippen LogP contribution is -2.43. The Morgan fingerprint density at radius 3 is 2.83 bits per heavy atom. The molecule has 0 saturated carbocycles. The van der Waals surface area contributed by atoms with Gasteiger partial charge in [-0.2, -0.15) is 13.2 Å². The van der Waals surface area contributed by atoms with Crippen LogP contribution in [0.1, 0.15) is 18.2 Å². The number of rotatable bonds is 2. The first-order valence-electron chi connectivity index (χ1n) is 6.92. The van der Waals surface area contributed by atoms with E-state index in [4.69, 9.17) is 4.74 Å². The van der Waals surface area contributed by atoms with Crippen molar-refractivity contribution in [3.8, 4) is 5.75 Å². The molecule has 2 aromatic rings. The molecule has 122 valence electrons. The highest BCUT2D eigenvalue weighted by Gasteiger charge is 2.34. The normalized spacial score (nSPS) is 17.6. The minimum Gasteiger partial charge on any atom is -0.487 e. The second kappa shape index (κ2) is 5.60. The molecule has 1 aromatic heterocycles. The van der Waals surface area contributed by atoms with E-state index in [1.54, 1.807) is 13.0 Å². The number of aromatic nitrogens is 1. The Bertz CT molecular complexity index is 713. The minimum absolute atomic E-state index is 0.00365. The van der Waals surface area contributed by atoms with Crippen LogP contribution in [0.3, 0.4) is 0 Å². The monoisotopic (exact) mass is 326 g/mol. The number of ether oxygens (including phenoxy) is 1. The Hall–Kier alpha value is -2.51. The average molecular weight is 326 g/mol. The van der Waals surface area contributed by atoms with E-state index in [2.05, 4.69) is 9.68 Å². The van der Waals surface area contributed by atoms with Gasteiger partial charge in [0.25, 0.3) is 0 Å². The van der Waals surface area contributed by atoms with Gasteiger partial charge in [0.2, 0.25) is 5.91 Å². The smallest absolute Gasteiger partial charge is 0.416 e. The van der Waals surface area contributed by atoms with Crippen LogP contribution < -0.4 is 9.64 Å². The maximum Gasteiger partial charge on any atom is 0.416 e. The summed E-state index contributed by atoms with van der Waals surface area (Å²) in [5.74, 6) is -0.234. The van der Waals surface area contributed by atoms with E-state index in [-0.39, 0.29) is 24.6 Å². The van der Waals surface area contributed by atoms with Gasteiger partial charge in [-0.1, -0.05) is 5.16 Å². The van der Waals surface area contributed by atoms with Crippen LogP contribution >= 0.6 is 0 Å². The fourth-order valence-electron chi connectivity index (χ4n) is 2.43. The summed E-state index contributed by atoms with van der Waals surface area (Å²) in [6.45, 7) is 1.95. The van der Waals surface area contributed by atoms with E-state index in [0.717, 1.165) is 12.1 Å². The highest BCUT2D eigenvalue weighted by atomic mass is 19.4. The quantitative estimate of drug-likeness (QED) is 0.851. The summed E-state index contributed by atoms with van der Waals surface area (Å²) in [6, 6.07) is 4.68. The van der Waals surface area contributed by atoms with Crippen molar-refractivity contribution in [3.63, 3.8) is 0 Å². The number of alkyl halides is 3. The van der Waals surface area contributed by atoms with Crippen molar-refractivity contribution in [2.75, 3.05) is 11.4 Å². The first-order chi connectivity index (χ1) is 10.8. The molecule has 1 aliphatic heterocycles. The van der Waals surface area contributed by atoms with Crippen LogP contribution in [-0.4, -0.2) is 23.7 Å². The van der Waals surface area contributed by atoms with Gasteiger partial charge in [-0.05, 0) is 25.1 Å². The Morgan fingerprint density at radius 2 is 2.17 bits per heavy atom. The van der Waals surface area contributed by atoms with Gasteiger partial charge in [0, 0.05) is 6.07 Å². The standard InChI is InChI=1S/C15H13F3N2O3/c1-9-8-20(14(21)7-11-4-5-22-19-11)12-3-2-10(15(16,17)18)6-13(12)23-9/h2-6,9H,7-8H2,1H3. The van der Waals surface area contributed by atoms with Crippen LogP contribution in [0.2, 0.25) is 0 Å². The average Bonchev–Trinajstić information content (AvgIpc) is 2.97. The molecule has 0 fully saturated rings. The fraction of sp³-hybridized carbons (Fsp3) is 0.333. The van der Waals surface area contributed by atoms with Crippen LogP contribution in [0.15, 0.2) is 35.1 Å². The molecule has 0 bridgehead atoms. The summed E-state index contributed by atoms with van der Waals surface area (Å²) in [6.07, 6.45) is -3.51. The van der Waals surface area contributed by atoms with E-state index in [1.807, 2.05) is 0 Å². The second-order valence-electron chi connectivity index (χ2n) is 5.28. The van der Waals surface area contributed by atoms with Gasteiger partial charge < -0.3 is 14.2 Å². The van der Waals surface area contributed by atoms with E-state index >= 15 is 0 Å². The van der Waals surface area contributed by atoms with Gasteiger partial charge in [-0.25, -0.2) is 0 Å². The molecule has 1 unspecified atom stereocenters. The predicted octanol–water partition coefficient (Wildman–Crippen LogP) is 3.05. The SMILES string of the molecule is CC1CN(C(=O)Cc2ccon2)c2ccc(C(F)(F)F)cc2O1. The third kappa shape index (κ3) is 3.15. The molecule has 8 heteroatoms. The summed E-state index contributed by atoms with van der Waals surface area (Å²) in [5.41, 5.74) is -0.0264. The molecule has 1 aliphatic rings. The van der Waals surface area contributed by atoms with Gasteiger partial charge in [0.05, 0.1) is 29.9 Å². The highest BCUT2D eigenvalue weighted by Crippen LogP contribution is 2.39. The third-order valence-corrected chi connectivity index (χ3v) is 3.47. The number of amides is 1. The largest absolute Gasteiger partial charge is 0.487 e. The Balaban J connectivity index is 1.91. The zero-order valence-corrected chi connectivity index (χ0v) is 12.1. The maximum atomic E-state index is 12.8. The molecule has 0 spiro atoms. The van der Waals surface area contributed by atoms with E-state index in [1.165, 1.54) is 17.2 Å². The van der Waals surface area contributed by atoms with Gasteiger partial charge in [0.1, 0.15) is 18.1 Å². The number of hydrogen-bond acceptors (Lipinski definition) is 4. The van der Waals surface area contributed by atoms with Crippen LogP contribution in [0.5, 0.6) is 5.75 Å². The van der Waals surface area contributed by atoms with Crippen LogP contribution in [0, 0.1) is 0 Å². The van der Waals surface area contributed by atoms with Gasteiger partial charge in [0.15, 0.2) is 0 Å². The maximum absolute atomic E-state index is 12.8. The molecule has 23 heavy (non-hydrogen) atoms. The number of fused-ring (bicyclic) bond motifs is 1. The van der Waals surface area contributed by atoms with Crippen molar-refractivity contribution in [2.24, 2.45) is 0 Å². The molecule has 5 nitrogen and oxygen atoms in total. The summed E-state index contributed by atoms with van der Waals surface area (Å²) < 4.78 is 48.6. The minimum atomic E-state index is -4.46. The van der Waals surface area contributed by atoms with E-state index in [0.29, 0.717) is 11.4 Å². The fourth-order valence-corrected chi connectivity index (χ4v) is 2.43. The van der Waals surface area contributed by atoms with Gasteiger partial charge >= 0.3 is 6.18 Å². The molecule has 0 N–H and O–H groups in total. The lowest BCUT2D eigenvalue weighted by Gasteiger charge is -2.33. The molecule has 1 amide bonds. The van der Waals surface area contributed by atoms with Crippen LogP contribution in [0.4, 0.5) is 18.9 Å². The number of nitrogens with zero attached hydrogens (tertiary/aromatic N) is 2. The Labute approximate surface area is 129 Å². The molecule has 2 heterocycles. The summed E-state index contributed by atoms with van der Waals surface area (Å²) in [7, 11) is 0. The Morgan fingerprint density at radius 1 is 1.39 bits per heavy atom. The molecule has 0 aliphatic carbocycles. The molecule has 3 rings (SSSR count). The summed E-state index contributed by atoms with van der Waals surface area (Å²) in [4.78, 5) is 13.8. The molecule has 1 aromatic carbocycles. The number of benzene rings is 1. The zero-order chi connectivity index (χ0) is 16.6. The lowest BCUT2D eigenvalue weighted by atomic mass is 10.1. The number of hydrogen-bond donors (Lipinski definition) is 0. The first kappa shape index (κ1) is 15.4. The molecular formula is C15H13F3N2O3. The summed E-state index contributed by atoms with van der Waals surface area (Å²) >= 11 is 0. The zero-order valence-electron chi connectivity index (χ0n) is 12.1. The summed E-state index contributed by atoms with van der Waals surface area (Å²) in [5, 5.41) is 3.67. The molecular weight excluding hydrogens is 313 g/mol. The van der Waals surface area contributed by atoms with Gasteiger partial charge in [-0.3, -0.25) is 4.79 Å². The van der Waals surface area contributed by atoms with E-state index < -0.39 is 17.8 Å². The van der Waals surface area contributed by atoms with Gasteiger partial charge in [-0.15, -0.1) is 0 Å². The number of anilines is 1. The van der Waals surface area contributed by atoms with Crippen molar-refractivity contribution in [3.05, 3.63) is 41.8 Å². The highest BCUT2D eigenvalue weighted by molar-refractivity contribution is 5.96. The second-order valence-corrected chi connectivity index (χ2v) is 5.28. The van der Waals surface area contributed by atoms with Crippen molar-refractivity contribution >= 4 is 11.6 Å².